The van der Waals surface area contributed by atoms with E-state index < -0.39 is 4.92 Å². The molecule has 0 aliphatic heterocycles. The molecule has 0 atom stereocenters. The lowest BCUT2D eigenvalue weighted by Crippen LogP contribution is -1.91. The number of aromatic amines is 1. The highest BCUT2D eigenvalue weighted by atomic mass is 79.9. The maximum Gasteiger partial charge on any atom is 0.270 e. The van der Waals surface area contributed by atoms with Gasteiger partial charge in [-0.1, -0.05) is 12.1 Å². The van der Waals surface area contributed by atoms with Crippen molar-refractivity contribution in [1.29, 1.82) is 0 Å². The van der Waals surface area contributed by atoms with Gasteiger partial charge >= 0.3 is 0 Å². The Balaban J connectivity index is 1.49. The summed E-state index contributed by atoms with van der Waals surface area (Å²) in [7, 11) is 0. The van der Waals surface area contributed by atoms with Crippen LogP contribution in [0, 0.1) is 10.1 Å². The standard InChI is InChI=1S/C18H12BrN5O3/c19-14-9-11(24(25)26)5-7-13(14)17-8-6-12(27-17)10-20-23-18-21-15-3-1-2-4-16(15)22-18/h1-10H,(H2,21,22,23)/b20-10+. The number of furan rings is 1. The molecule has 2 aromatic heterocycles. The number of nitrogens with zero attached hydrogens (tertiary/aromatic N) is 3. The molecule has 2 heterocycles. The van der Waals surface area contributed by atoms with Crippen LogP contribution in [-0.2, 0) is 0 Å². The molecule has 8 nitrogen and oxygen atoms in total. The van der Waals surface area contributed by atoms with Crippen LogP contribution >= 0.6 is 15.9 Å². The van der Waals surface area contributed by atoms with Crippen molar-refractivity contribution in [3.8, 4) is 11.3 Å². The van der Waals surface area contributed by atoms with E-state index in [4.69, 9.17) is 4.42 Å². The average Bonchev–Trinajstić information content (AvgIpc) is 3.28. The lowest BCUT2D eigenvalue weighted by atomic mass is 10.1. The Morgan fingerprint density at radius 3 is 2.85 bits per heavy atom. The fourth-order valence-electron chi connectivity index (χ4n) is 2.55. The minimum Gasteiger partial charge on any atom is -0.455 e. The Hall–Kier alpha value is -3.46. The van der Waals surface area contributed by atoms with Crippen LogP contribution in [0.4, 0.5) is 11.6 Å². The highest BCUT2D eigenvalue weighted by molar-refractivity contribution is 9.10. The summed E-state index contributed by atoms with van der Waals surface area (Å²) >= 11 is 3.34. The van der Waals surface area contributed by atoms with E-state index >= 15 is 0 Å². The lowest BCUT2D eigenvalue weighted by Gasteiger charge is -2.00. The van der Waals surface area contributed by atoms with Crippen molar-refractivity contribution >= 4 is 44.8 Å². The topological polar surface area (TPSA) is 109 Å². The predicted molar refractivity (Wildman–Crippen MR) is 106 cm³/mol. The monoisotopic (exact) mass is 425 g/mol. The number of nitro groups is 1. The minimum atomic E-state index is -0.446. The molecule has 0 aliphatic carbocycles. The molecule has 0 spiro atoms. The van der Waals surface area contributed by atoms with Crippen LogP contribution in [0.3, 0.4) is 0 Å². The number of aromatic nitrogens is 2. The molecule has 4 aromatic rings. The first-order valence-electron chi connectivity index (χ1n) is 7.88. The maximum absolute atomic E-state index is 10.8. The molecule has 9 heteroatoms. The highest BCUT2D eigenvalue weighted by Crippen LogP contribution is 2.32. The van der Waals surface area contributed by atoms with Crippen LogP contribution in [0.25, 0.3) is 22.4 Å². The van der Waals surface area contributed by atoms with Crippen LogP contribution in [0.15, 0.2) is 68.6 Å². The van der Waals surface area contributed by atoms with Gasteiger partial charge in [-0.15, -0.1) is 0 Å². The van der Waals surface area contributed by atoms with E-state index in [-0.39, 0.29) is 5.69 Å². The molecular weight excluding hydrogens is 414 g/mol. The second-order valence-electron chi connectivity index (χ2n) is 5.60. The number of anilines is 1. The summed E-state index contributed by atoms with van der Waals surface area (Å²) in [6.45, 7) is 0. The normalized spacial score (nSPS) is 11.3. The summed E-state index contributed by atoms with van der Waals surface area (Å²) in [4.78, 5) is 17.8. The number of imidazole rings is 1. The van der Waals surface area contributed by atoms with Gasteiger partial charge in [0.25, 0.3) is 5.69 Å². The Bertz CT molecular complexity index is 1130. The van der Waals surface area contributed by atoms with Crippen molar-refractivity contribution in [2.45, 2.75) is 0 Å². The SMILES string of the molecule is O=[N+]([O-])c1ccc(-c2ccc(/C=N/Nc3nc4ccccc4[nH]3)o2)c(Br)c1. The van der Waals surface area contributed by atoms with Gasteiger partial charge in [-0.25, -0.2) is 10.4 Å². The number of hydrogen-bond acceptors (Lipinski definition) is 6. The summed E-state index contributed by atoms with van der Waals surface area (Å²) in [5.41, 5.74) is 5.30. The molecule has 4 rings (SSSR count). The van der Waals surface area contributed by atoms with Crippen molar-refractivity contribution in [2.75, 3.05) is 5.43 Å². The van der Waals surface area contributed by atoms with Gasteiger partial charge in [-0.3, -0.25) is 10.1 Å². The maximum atomic E-state index is 10.8. The number of para-hydroxylation sites is 2. The van der Waals surface area contributed by atoms with Crippen molar-refractivity contribution in [1.82, 2.24) is 9.97 Å². The molecule has 0 bridgehead atoms. The number of nitrogens with one attached hydrogen (secondary N) is 2. The van der Waals surface area contributed by atoms with E-state index in [2.05, 4.69) is 36.4 Å². The summed E-state index contributed by atoms with van der Waals surface area (Å²) in [6.07, 6.45) is 1.52. The number of rotatable bonds is 5. The Kier molecular flexibility index (Phi) is 4.43. The number of non-ortho nitro benzene ring substituents is 1. The molecule has 2 aromatic carbocycles. The van der Waals surface area contributed by atoms with Crippen LogP contribution in [-0.4, -0.2) is 21.1 Å². The zero-order valence-corrected chi connectivity index (χ0v) is 15.3. The second-order valence-corrected chi connectivity index (χ2v) is 6.45. The van der Waals surface area contributed by atoms with Gasteiger partial charge in [0.2, 0.25) is 5.95 Å². The van der Waals surface area contributed by atoms with Crippen LogP contribution in [0.5, 0.6) is 0 Å². The summed E-state index contributed by atoms with van der Waals surface area (Å²) < 4.78 is 6.31. The lowest BCUT2D eigenvalue weighted by molar-refractivity contribution is -0.384. The van der Waals surface area contributed by atoms with Crippen LogP contribution in [0.1, 0.15) is 5.76 Å². The Labute approximate surface area is 161 Å². The quantitative estimate of drug-likeness (QED) is 0.267. The van der Waals surface area contributed by atoms with Gasteiger partial charge < -0.3 is 9.40 Å². The fourth-order valence-corrected chi connectivity index (χ4v) is 3.11. The first kappa shape index (κ1) is 17.0. The molecule has 0 amide bonds. The number of benzene rings is 2. The van der Waals surface area contributed by atoms with Crippen molar-refractivity contribution in [3.05, 3.63) is 74.9 Å². The molecule has 2 N–H and O–H groups in total. The first-order chi connectivity index (χ1) is 13.1. The number of hydrogen-bond donors (Lipinski definition) is 2. The Morgan fingerprint density at radius 2 is 2.07 bits per heavy atom. The van der Waals surface area contributed by atoms with E-state index in [0.717, 1.165) is 11.0 Å². The zero-order chi connectivity index (χ0) is 18.8. The van der Waals surface area contributed by atoms with E-state index in [1.807, 2.05) is 24.3 Å². The number of hydrazone groups is 1. The zero-order valence-electron chi connectivity index (χ0n) is 13.7. The molecule has 0 saturated carbocycles. The van der Waals surface area contributed by atoms with Crippen molar-refractivity contribution in [2.24, 2.45) is 5.10 Å². The fraction of sp³-hybridized carbons (Fsp3) is 0. The van der Waals surface area contributed by atoms with E-state index in [1.54, 1.807) is 18.2 Å². The number of halogens is 1. The van der Waals surface area contributed by atoms with Gasteiger partial charge in [0.05, 0.1) is 22.2 Å². The van der Waals surface area contributed by atoms with Gasteiger partial charge in [-0.05, 0) is 46.3 Å². The molecule has 0 fully saturated rings. The van der Waals surface area contributed by atoms with Gasteiger partial charge in [-0.2, -0.15) is 5.10 Å². The molecule has 134 valence electrons. The molecule has 27 heavy (non-hydrogen) atoms. The van der Waals surface area contributed by atoms with E-state index in [9.17, 15) is 10.1 Å². The third-order valence-electron chi connectivity index (χ3n) is 3.81. The first-order valence-corrected chi connectivity index (χ1v) is 8.67. The molecule has 0 radical (unpaired) electrons. The highest BCUT2D eigenvalue weighted by Gasteiger charge is 2.13. The van der Waals surface area contributed by atoms with E-state index in [0.29, 0.717) is 27.5 Å². The third-order valence-corrected chi connectivity index (χ3v) is 4.46. The van der Waals surface area contributed by atoms with Crippen molar-refractivity contribution in [3.63, 3.8) is 0 Å². The average molecular weight is 426 g/mol. The van der Waals surface area contributed by atoms with Crippen LogP contribution < -0.4 is 5.43 Å². The number of fused-ring (bicyclic) bond motifs is 1. The summed E-state index contributed by atoms with van der Waals surface area (Å²) in [5, 5.41) is 14.9. The smallest absolute Gasteiger partial charge is 0.270 e. The van der Waals surface area contributed by atoms with Gasteiger partial charge in [0.1, 0.15) is 11.5 Å². The van der Waals surface area contributed by atoms with Gasteiger partial charge in [0.15, 0.2) is 0 Å². The minimum absolute atomic E-state index is 0.00834. The Morgan fingerprint density at radius 1 is 1.22 bits per heavy atom. The molecular formula is C18H12BrN5O3. The molecule has 0 saturated heterocycles. The molecule has 0 aliphatic rings. The summed E-state index contributed by atoms with van der Waals surface area (Å²) in [5.74, 6) is 1.62. The van der Waals surface area contributed by atoms with Crippen molar-refractivity contribution < 1.29 is 9.34 Å². The number of nitro benzene ring substituents is 1. The van der Waals surface area contributed by atoms with E-state index in [1.165, 1.54) is 18.3 Å². The largest absolute Gasteiger partial charge is 0.455 e. The second kappa shape index (κ2) is 7.04. The third kappa shape index (κ3) is 3.58. The number of H-pyrrole nitrogens is 1. The molecule has 0 unspecified atom stereocenters. The van der Waals surface area contributed by atoms with Gasteiger partial charge in [0, 0.05) is 22.2 Å². The van der Waals surface area contributed by atoms with Crippen LogP contribution in [0.2, 0.25) is 0 Å². The summed E-state index contributed by atoms with van der Waals surface area (Å²) in [6, 6.07) is 15.7. The predicted octanol–water partition coefficient (Wildman–Crippen LogP) is 4.94.